The molecule has 1 aliphatic heterocycles. The zero-order valence-electron chi connectivity index (χ0n) is 12.1. The molecule has 2 nitrogen and oxygen atoms in total. The van der Waals surface area contributed by atoms with Crippen LogP contribution in [0.15, 0.2) is 18.2 Å². The van der Waals surface area contributed by atoms with Crippen LogP contribution in [0.3, 0.4) is 0 Å². The van der Waals surface area contributed by atoms with E-state index in [9.17, 15) is 4.39 Å². The third-order valence-electron chi connectivity index (χ3n) is 3.87. The maximum Gasteiger partial charge on any atom is 0.126 e. The fourth-order valence-electron chi connectivity index (χ4n) is 2.74. The third-order valence-corrected chi connectivity index (χ3v) is 3.87. The van der Waals surface area contributed by atoms with E-state index in [4.69, 9.17) is 4.74 Å². The maximum absolute atomic E-state index is 13.8. The summed E-state index contributed by atoms with van der Waals surface area (Å²) in [5.74, 6) is 0.316. The summed E-state index contributed by atoms with van der Waals surface area (Å²) in [7, 11) is 0. The van der Waals surface area contributed by atoms with Crippen molar-refractivity contribution >= 4 is 0 Å². The van der Waals surface area contributed by atoms with Crippen LogP contribution in [0.1, 0.15) is 43.9 Å². The van der Waals surface area contributed by atoms with Crippen molar-refractivity contribution in [3.8, 4) is 0 Å². The van der Waals surface area contributed by atoms with Crippen LogP contribution in [0.2, 0.25) is 0 Å². The molecule has 3 heteroatoms. The minimum absolute atomic E-state index is 0.118. The average Bonchev–Trinajstić information content (AvgIpc) is 2.80. The monoisotopic (exact) mass is 265 g/mol. The zero-order chi connectivity index (χ0) is 13.8. The van der Waals surface area contributed by atoms with Crippen LogP contribution < -0.4 is 5.32 Å². The predicted octanol–water partition coefficient (Wildman–Crippen LogP) is 3.60. The number of rotatable bonds is 5. The van der Waals surface area contributed by atoms with Gasteiger partial charge >= 0.3 is 0 Å². The first kappa shape index (κ1) is 14.5. The number of aryl methyl sites for hydroxylation is 1. The van der Waals surface area contributed by atoms with E-state index in [-0.39, 0.29) is 11.9 Å². The van der Waals surface area contributed by atoms with E-state index in [1.54, 1.807) is 13.0 Å². The molecular formula is C16H24FNO. The van der Waals surface area contributed by atoms with Crippen molar-refractivity contribution in [2.24, 2.45) is 5.92 Å². The Morgan fingerprint density at radius 3 is 2.84 bits per heavy atom. The second kappa shape index (κ2) is 6.49. The fourth-order valence-corrected chi connectivity index (χ4v) is 2.74. The second-order valence-electron chi connectivity index (χ2n) is 5.58. The molecule has 0 aliphatic carbocycles. The van der Waals surface area contributed by atoms with Crippen LogP contribution in [0.5, 0.6) is 0 Å². The van der Waals surface area contributed by atoms with Crippen LogP contribution in [0.4, 0.5) is 4.39 Å². The van der Waals surface area contributed by atoms with Gasteiger partial charge in [-0.1, -0.05) is 19.1 Å². The SMILES string of the molecule is CCCNC(c1ccc(C)c(F)c1)C1COC(C)C1. The molecule has 0 radical (unpaired) electrons. The highest BCUT2D eigenvalue weighted by Gasteiger charge is 2.30. The quantitative estimate of drug-likeness (QED) is 0.878. The first-order valence-electron chi connectivity index (χ1n) is 7.22. The Bertz CT molecular complexity index is 421. The Morgan fingerprint density at radius 2 is 2.26 bits per heavy atom. The molecule has 1 heterocycles. The molecule has 0 bridgehead atoms. The van der Waals surface area contributed by atoms with Gasteiger partial charge in [-0.25, -0.2) is 4.39 Å². The molecule has 1 N–H and O–H groups in total. The summed E-state index contributed by atoms with van der Waals surface area (Å²) in [6.07, 6.45) is 2.43. The third kappa shape index (κ3) is 3.54. The van der Waals surface area contributed by atoms with E-state index >= 15 is 0 Å². The minimum Gasteiger partial charge on any atom is -0.378 e. The van der Waals surface area contributed by atoms with Gasteiger partial charge < -0.3 is 10.1 Å². The van der Waals surface area contributed by atoms with Gasteiger partial charge in [0.05, 0.1) is 12.7 Å². The molecule has 0 spiro atoms. The second-order valence-corrected chi connectivity index (χ2v) is 5.58. The van der Waals surface area contributed by atoms with Crippen molar-refractivity contribution in [2.75, 3.05) is 13.2 Å². The number of ether oxygens (including phenoxy) is 1. The molecule has 0 aromatic heterocycles. The standard InChI is InChI=1S/C16H24FNO/c1-4-7-18-16(14-8-12(3)19-10-14)13-6-5-11(2)15(17)9-13/h5-6,9,12,14,16,18H,4,7-8,10H2,1-3H3. The van der Waals surface area contributed by atoms with Gasteiger partial charge in [0.25, 0.3) is 0 Å². The first-order chi connectivity index (χ1) is 9.11. The summed E-state index contributed by atoms with van der Waals surface area (Å²) >= 11 is 0. The largest absolute Gasteiger partial charge is 0.378 e. The van der Waals surface area contributed by atoms with Crippen LogP contribution in [0.25, 0.3) is 0 Å². The van der Waals surface area contributed by atoms with Gasteiger partial charge in [-0.3, -0.25) is 0 Å². The Hall–Kier alpha value is -0.930. The van der Waals surface area contributed by atoms with E-state index in [1.165, 1.54) is 0 Å². The van der Waals surface area contributed by atoms with Gasteiger partial charge in [-0.05, 0) is 50.4 Å². The summed E-state index contributed by atoms with van der Waals surface area (Å²) in [4.78, 5) is 0. The Labute approximate surface area is 115 Å². The van der Waals surface area contributed by atoms with Crippen molar-refractivity contribution in [1.29, 1.82) is 0 Å². The van der Waals surface area contributed by atoms with Gasteiger partial charge in [-0.15, -0.1) is 0 Å². The lowest BCUT2D eigenvalue weighted by Crippen LogP contribution is -2.29. The molecule has 0 saturated carbocycles. The minimum atomic E-state index is -0.118. The molecule has 2 rings (SSSR count). The maximum atomic E-state index is 13.8. The number of halogens is 1. The van der Waals surface area contributed by atoms with Gasteiger partial charge in [0.2, 0.25) is 0 Å². The van der Waals surface area contributed by atoms with Crippen LogP contribution in [0, 0.1) is 18.7 Å². The highest BCUT2D eigenvalue weighted by atomic mass is 19.1. The zero-order valence-corrected chi connectivity index (χ0v) is 12.1. The van der Waals surface area contributed by atoms with Gasteiger partial charge in [0, 0.05) is 12.0 Å². The van der Waals surface area contributed by atoms with Crippen molar-refractivity contribution in [3.63, 3.8) is 0 Å². The van der Waals surface area contributed by atoms with Crippen molar-refractivity contribution in [2.45, 2.75) is 45.8 Å². The molecule has 3 atom stereocenters. The fraction of sp³-hybridized carbons (Fsp3) is 0.625. The van der Waals surface area contributed by atoms with E-state index in [0.717, 1.165) is 31.6 Å². The lowest BCUT2D eigenvalue weighted by molar-refractivity contribution is 0.117. The number of nitrogens with one attached hydrogen (secondary N) is 1. The van der Waals surface area contributed by atoms with Crippen LogP contribution in [-0.2, 0) is 4.74 Å². The Balaban J connectivity index is 2.18. The molecule has 3 unspecified atom stereocenters. The van der Waals surface area contributed by atoms with Gasteiger partial charge in [-0.2, -0.15) is 0 Å². The van der Waals surface area contributed by atoms with Crippen molar-refractivity contribution < 1.29 is 9.13 Å². The van der Waals surface area contributed by atoms with Crippen LogP contribution in [-0.4, -0.2) is 19.3 Å². The Morgan fingerprint density at radius 1 is 1.47 bits per heavy atom. The molecule has 0 amide bonds. The van der Waals surface area contributed by atoms with Gasteiger partial charge in [0.1, 0.15) is 5.82 Å². The number of benzene rings is 1. The summed E-state index contributed by atoms with van der Waals surface area (Å²) < 4.78 is 19.4. The van der Waals surface area contributed by atoms with Crippen LogP contribution >= 0.6 is 0 Å². The molecule has 1 saturated heterocycles. The lowest BCUT2D eigenvalue weighted by Gasteiger charge is -2.24. The van der Waals surface area contributed by atoms with E-state index in [1.807, 2.05) is 12.1 Å². The number of hydrogen-bond acceptors (Lipinski definition) is 2. The molecule has 106 valence electrons. The normalized spacial score (nSPS) is 24.6. The molecule has 1 aromatic carbocycles. The molecular weight excluding hydrogens is 241 g/mol. The highest BCUT2D eigenvalue weighted by molar-refractivity contribution is 5.26. The summed E-state index contributed by atoms with van der Waals surface area (Å²) in [6.45, 7) is 7.76. The summed E-state index contributed by atoms with van der Waals surface area (Å²) in [6, 6.07) is 5.77. The molecule has 19 heavy (non-hydrogen) atoms. The lowest BCUT2D eigenvalue weighted by atomic mass is 9.90. The predicted molar refractivity (Wildman–Crippen MR) is 75.7 cm³/mol. The average molecular weight is 265 g/mol. The van der Waals surface area contributed by atoms with Crippen molar-refractivity contribution in [3.05, 3.63) is 35.1 Å². The van der Waals surface area contributed by atoms with Crippen molar-refractivity contribution in [1.82, 2.24) is 5.32 Å². The highest BCUT2D eigenvalue weighted by Crippen LogP contribution is 2.32. The molecule has 1 aliphatic rings. The number of hydrogen-bond donors (Lipinski definition) is 1. The smallest absolute Gasteiger partial charge is 0.126 e. The molecule has 1 aromatic rings. The molecule has 1 fully saturated rings. The van der Waals surface area contributed by atoms with Gasteiger partial charge in [0.15, 0.2) is 0 Å². The van der Waals surface area contributed by atoms with E-state index in [2.05, 4.69) is 19.2 Å². The summed E-state index contributed by atoms with van der Waals surface area (Å²) in [5, 5.41) is 3.55. The topological polar surface area (TPSA) is 21.3 Å². The summed E-state index contributed by atoms with van der Waals surface area (Å²) in [5.41, 5.74) is 1.74. The van der Waals surface area contributed by atoms with E-state index in [0.29, 0.717) is 17.6 Å². The first-order valence-corrected chi connectivity index (χ1v) is 7.22. The van der Waals surface area contributed by atoms with E-state index < -0.39 is 0 Å². The Kier molecular flexibility index (Phi) is 4.94.